The van der Waals surface area contributed by atoms with Gasteiger partial charge in [-0.25, -0.2) is 0 Å². The zero-order chi connectivity index (χ0) is 14.4. The van der Waals surface area contributed by atoms with Gasteiger partial charge in [0, 0.05) is 0 Å². The van der Waals surface area contributed by atoms with Crippen LogP contribution in [0.15, 0.2) is 30.3 Å². The molecule has 0 nitrogen and oxygen atoms in total. The number of hydrogen-bond donors (Lipinski definition) is 0. The molecule has 2 rings (SSSR count). The van der Waals surface area contributed by atoms with Crippen LogP contribution in [0.25, 0.3) is 10.8 Å². The molecule has 0 unspecified atom stereocenters. The first-order valence-corrected chi connectivity index (χ1v) is 7.14. The summed E-state index contributed by atoms with van der Waals surface area (Å²) in [5.41, 5.74) is 4.62. The minimum atomic E-state index is 0.205. The van der Waals surface area contributed by atoms with Crippen LogP contribution in [0.4, 0.5) is 0 Å². The lowest BCUT2D eigenvalue weighted by atomic mass is 9.82. The highest BCUT2D eigenvalue weighted by molar-refractivity contribution is 5.87. The highest BCUT2D eigenvalue weighted by atomic mass is 14.2. The summed E-state index contributed by atoms with van der Waals surface area (Å²) in [7, 11) is 0. The fraction of sp³-hybridized carbons (Fsp3) is 0.474. The largest absolute Gasteiger partial charge is 0.0579 e. The molecule has 0 spiro atoms. The minimum absolute atomic E-state index is 0.205. The summed E-state index contributed by atoms with van der Waals surface area (Å²) in [5.74, 6) is 0. The zero-order valence-corrected chi connectivity index (χ0v) is 13.4. The van der Waals surface area contributed by atoms with Gasteiger partial charge in [0.15, 0.2) is 0 Å². The third-order valence-corrected chi connectivity index (χ3v) is 3.89. The van der Waals surface area contributed by atoms with E-state index in [4.69, 9.17) is 0 Å². The van der Waals surface area contributed by atoms with Crippen molar-refractivity contribution < 1.29 is 0 Å². The van der Waals surface area contributed by atoms with E-state index in [1.807, 2.05) is 0 Å². The monoisotopic (exact) mass is 254 g/mol. The Morgan fingerprint density at radius 3 is 1.74 bits per heavy atom. The quantitative estimate of drug-likeness (QED) is 0.562. The number of fused-ring (bicyclic) bond motifs is 1. The molecule has 2 aromatic rings. The fourth-order valence-electron chi connectivity index (χ4n) is 2.46. The molecular formula is C19H26. The first-order valence-electron chi connectivity index (χ1n) is 7.14. The lowest BCUT2D eigenvalue weighted by Crippen LogP contribution is -2.12. The van der Waals surface area contributed by atoms with Gasteiger partial charge in [-0.05, 0) is 45.2 Å². The van der Waals surface area contributed by atoms with Gasteiger partial charge >= 0.3 is 0 Å². The molecule has 0 aliphatic rings. The first-order chi connectivity index (χ1) is 8.59. The van der Waals surface area contributed by atoms with Crippen LogP contribution in [0.1, 0.15) is 58.2 Å². The van der Waals surface area contributed by atoms with Gasteiger partial charge in [-0.2, -0.15) is 0 Å². The normalized spacial score (nSPS) is 13.0. The van der Waals surface area contributed by atoms with Crippen molar-refractivity contribution in [2.45, 2.75) is 59.3 Å². The van der Waals surface area contributed by atoms with Gasteiger partial charge in [0.05, 0.1) is 0 Å². The predicted octanol–water partition coefficient (Wildman–Crippen LogP) is 5.74. The number of hydrogen-bond acceptors (Lipinski definition) is 0. The Balaban J connectivity index is 2.70. The molecule has 19 heavy (non-hydrogen) atoms. The maximum atomic E-state index is 2.36. The van der Waals surface area contributed by atoms with Crippen molar-refractivity contribution in [3.05, 3.63) is 47.0 Å². The molecule has 0 atom stereocenters. The molecule has 102 valence electrons. The number of benzene rings is 2. The first kappa shape index (κ1) is 14.1. The minimum Gasteiger partial charge on any atom is -0.0579 e. The molecule has 0 aromatic heterocycles. The van der Waals surface area contributed by atoms with E-state index in [0.29, 0.717) is 0 Å². The molecule has 0 aliphatic carbocycles. The van der Waals surface area contributed by atoms with Gasteiger partial charge in [0.25, 0.3) is 0 Å². The lowest BCUT2D eigenvalue weighted by molar-refractivity contribution is 0.589. The summed E-state index contributed by atoms with van der Waals surface area (Å²) >= 11 is 0. The van der Waals surface area contributed by atoms with Crippen LogP contribution in [-0.2, 0) is 10.8 Å². The van der Waals surface area contributed by atoms with Crippen LogP contribution in [0.3, 0.4) is 0 Å². The standard InChI is InChI=1S/C19H26/c1-13-10-16(19(5,6)7)12-14-11-15(18(2,3)4)8-9-17(13)14/h8-12H,1-7H3. The van der Waals surface area contributed by atoms with Crippen molar-refractivity contribution in [2.75, 3.05) is 0 Å². The summed E-state index contributed by atoms with van der Waals surface area (Å²) in [5, 5.41) is 2.75. The third kappa shape index (κ3) is 2.83. The Bertz CT molecular complexity index is 599. The van der Waals surface area contributed by atoms with Crippen molar-refractivity contribution >= 4 is 10.8 Å². The molecule has 0 fully saturated rings. The maximum absolute atomic E-state index is 2.36. The van der Waals surface area contributed by atoms with E-state index >= 15 is 0 Å². The van der Waals surface area contributed by atoms with Crippen LogP contribution in [-0.4, -0.2) is 0 Å². The molecule has 0 saturated carbocycles. The smallest absolute Gasteiger partial charge is 0.0132 e. The molecule has 2 aromatic carbocycles. The van der Waals surface area contributed by atoms with E-state index in [9.17, 15) is 0 Å². The third-order valence-electron chi connectivity index (χ3n) is 3.89. The Labute approximate surface area is 117 Å². The van der Waals surface area contributed by atoms with E-state index in [-0.39, 0.29) is 10.8 Å². The molecule has 0 N–H and O–H groups in total. The summed E-state index contributed by atoms with van der Waals surface area (Å²) < 4.78 is 0. The lowest BCUT2D eigenvalue weighted by Gasteiger charge is -2.23. The number of aryl methyl sites for hydroxylation is 1. The molecular weight excluding hydrogens is 228 g/mol. The van der Waals surface area contributed by atoms with Gasteiger partial charge in [-0.3, -0.25) is 0 Å². The maximum Gasteiger partial charge on any atom is -0.0132 e. The van der Waals surface area contributed by atoms with Crippen LogP contribution < -0.4 is 0 Å². The van der Waals surface area contributed by atoms with Gasteiger partial charge in [0.1, 0.15) is 0 Å². The molecule has 0 amide bonds. The predicted molar refractivity (Wildman–Crippen MR) is 86.1 cm³/mol. The Hall–Kier alpha value is -1.30. The molecule has 0 saturated heterocycles. The average Bonchev–Trinajstić information content (AvgIpc) is 2.25. The average molecular weight is 254 g/mol. The van der Waals surface area contributed by atoms with Gasteiger partial charge in [-0.1, -0.05) is 71.9 Å². The molecule has 0 heteroatoms. The Kier molecular flexibility index (Phi) is 3.24. The van der Waals surface area contributed by atoms with Crippen LogP contribution in [0, 0.1) is 6.92 Å². The summed E-state index contributed by atoms with van der Waals surface area (Å²) in [4.78, 5) is 0. The van der Waals surface area contributed by atoms with E-state index in [2.05, 4.69) is 78.8 Å². The van der Waals surface area contributed by atoms with Crippen molar-refractivity contribution in [3.63, 3.8) is 0 Å². The fourth-order valence-corrected chi connectivity index (χ4v) is 2.46. The second-order valence-electron chi connectivity index (χ2n) is 7.73. The van der Waals surface area contributed by atoms with Gasteiger partial charge in [-0.15, -0.1) is 0 Å². The van der Waals surface area contributed by atoms with E-state index in [1.165, 1.54) is 27.5 Å². The summed E-state index contributed by atoms with van der Waals surface area (Å²) in [6, 6.07) is 11.6. The second kappa shape index (κ2) is 4.37. The molecule has 0 heterocycles. The van der Waals surface area contributed by atoms with Crippen molar-refractivity contribution in [3.8, 4) is 0 Å². The van der Waals surface area contributed by atoms with Crippen LogP contribution >= 0.6 is 0 Å². The van der Waals surface area contributed by atoms with Crippen molar-refractivity contribution in [1.29, 1.82) is 0 Å². The highest BCUT2D eigenvalue weighted by Crippen LogP contribution is 2.31. The second-order valence-corrected chi connectivity index (χ2v) is 7.73. The molecule has 0 aliphatic heterocycles. The number of rotatable bonds is 0. The van der Waals surface area contributed by atoms with Crippen LogP contribution in [0.5, 0.6) is 0 Å². The van der Waals surface area contributed by atoms with E-state index in [1.54, 1.807) is 0 Å². The SMILES string of the molecule is Cc1cc(C(C)(C)C)cc2cc(C(C)(C)C)ccc12. The highest BCUT2D eigenvalue weighted by Gasteiger charge is 2.17. The molecule has 0 bridgehead atoms. The van der Waals surface area contributed by atoms with E-state index < -0.39 is 0 Å². The molecule has 0 radical (unpaired) electrons. The van der Waals surface area contributed by atoms with Crippen molar-refractivity contribution in [2.24, 2.45) is 0 Å². The van der Waals surface area contributed by atoms with Crippen molar-refractivity contribution in [1.82, 2.24) is 0 Å². The zero-order valence-electron chi connectivity index (χ0n) is 13.4. The Morgan fingerprint density at radius 2 is 1.21 bits per heavy atom. The van der Waals surface area contributed by atoms with E-state index in [0.717, 1.165) is 0 Å². The van der Waals surface area contributed by atoms with Gasteiger partial charge in [0.2, 0.25) is 0 Å². The Morgan fingerprint density at radius 1 is 0.684 bits per heavy atom. The van der Waals surface area contributed by atoms with Gasteiger partial charge < -0.3 is 0 Å². The summed E-state index contributed by atoms with van der Waals surface area (Å²) in [6.45, 7) is 15.9. The summed E-state index contributed by atoms with van der Waals surface area (Å²) in [6.07, 6.45) is 0. The topological polar surface area (TPSA) is 0 Å². The van der Waals surface area contributed by atoms with Crippen LogP contribution in [0.2, 0.25) is 0 Å².